The van der Waals surface area contributed by atoms with E-state index in [4.69, 9.17) is 16.3 Å². The SMILES string of the molecule is COC1(CS(=O)(=O)c2ccccc2)C=C(CC(F)(F)F)C(=O)N1CCCNc1ccnc2cc(Cl)ccc12. The second kappa shape index (κ2) is 10.9. The highest BCUT2D eigenvalue weighted by atomic mass is 35.5. The maximum atomic E-state index is 13.2. The highest BCUT2D eigenvalue weighted by Gasteiger charge is 2.50. The molecule has 0 bridgehead atoms. The van der Waals surface area contributed by atoms with Gasteiger partial charge in [0.05, 0.1) is 16.8 Å². The number of benzene rings is 2. The number of hydrogen-bond acceptors (Lipinski definition) is 6. The van der Waals surface area contributed by atoms with Crippen molar-refractivity contribution < 1.29 is 31.1 Å². The highest BCUT2D eigenvalue weighted by Crippen LogP contribution is 2.37. The number of ether oxygens (including phenoxy) is 1. The normalized spacial score (nSPS) is 18.2. The van der Waals surface area contributed by atoms with E-state index in [9.17, 15) is 26.4 Å². The summed E-state index contributed by atoms with van der Waals surface area (Å²) in [7, 11) is -2.84. The predicted octanol–water partition coefficient (Wildman–Crippen LogP) is 5.23. The highest BCUT2D eigenvalue weighted by molar-refractivity contribution is 7.91. The lowest BCUT2D eigenvalue weighted by Gasteiger charge is -2.36. The fourth-order valence-electron chi connectivity index (χ4n) is 4.46. The smallest absolute Gasteiger partial charge is 0.384 e. The largest absolute Gasteiger partial charge is 0.393 e. The molecule has 3 aromatic rings. The van der Waals surface area contributed by atoms with Gasteiger partial charge in [0, 0.05) is 48.1 Å². The molecule has 12 heteroatoms. The van der Waals surface area contributed by atoms with Crippen LogP contribution in [0.5, 0.6) is 0 Å². The molecule has 0 aliphatic carbocycles. The van der Waals surface area contributed by atoms with Gasteiger partial charge < -0.3 is 15.0 Å². The van der Waals surface area contributed by atoms with Gasteiger partial charge in [-0.25, -0.2) is 8.42 Å². The molecule has 2 heterocycles. The fourth-order valence-corrected chi connectivity index (χ4v) is 6.26. The van der Waals surface area contributed by atoms with Crippen LogP contribution in [0.15, 0.2) is 77.3 Å². The summed E-state index contributed by atoms with van der Waals surface area (Å²) in [6.07, 6.45) is -3.23. The second-order valence-electron chi connectivity index (χ2n) is 8.84. The zero-order chi connectivity index (χ0) is 27.6. The molecule has 1 aliphatic rings. The molecule has 1 atom stereocenters. The molecule has 0 radical (unpaired) electrons. The third kappa shape index (κ3) is 6.11. The number of fused-ring (bicyclic) bond motifs is 1. The molecule has 1 aliphatic heterocycles. The Morgan fingerprint density at radius 2 is 1.87 bits per heavy atom. The number of alkyl halides is 3. The summed E-state index contributed by atoms with van der Waals surface area (Å²) in [5.41, 5.74) is -0.984. The number of halogens is 4. The van der Waals surface area contributed by atoms with E-state index >= 15 is 0 Å². The van der Waals surface area contributed by atoms with Crippen LogP contribution >= 0.6 is 11.6 Å². The van der Waals surface area contributed by atoms with Gasteiger partial charge in [-0.2, -0.15) is 13.2 Å². The van der Waals surface area contributed by atoms with Crippen LogP contribution < -0.4 is 5.32 Å². The lowest BCUT2D eigenvalue weighted by Crippen LogP contribution is -2.53. The Hall–Kier alpha value is -3.15. The van der Waals surface area contributed by atoms with Gasteiger partial charge in [-0.1, -0.05) is 29.8 Å². The summed E-state index contributed by atoms with van der Waals surface area (Å²) >= 11 is 6.03. The van der Waals surface area contributed by atoms with Crippen LogP contribution in [0, 0.1) is 0 Å². The minimum absolute atomic E-state index is 0.0205. The molecule has 202 valence electrons. The van der Waals surface area contributed by atoms with Gasteiger partial charge in [0.1, 0.15) is 5.75 Å². The number of hydrogen-bond donors (Lipinski definition) is 1. The number of anilines is 1. The van der Waals surface area contributed by atoms with Crippen molar-refractivity contribution in [3.63, 3.8) is 0 Å². The van der Waals surface area contributed by atoms with Crippen LogP contribution in [0.3, 0.4) is 0 Å². The Kier molecular flexibility index (Phi) is 8.01. The summed E-state index contributed by atoms with van der Waals surface area (Å²) in [6, 6.07) is 14.5. The number of rotatable bonds is 10. The summed E-state index contributed by atoms with van der Waals surface area (Å²) in [5.74, 6) is -1.63. The number of aromatic nitrogens is 1. The van der Waals surface area contributed by atoms with E-state index in [0.717, 1.165) is 22.0 Å². The van der Waals surface area contributed by atoms with Gasteiger partial charge in [0.15, 0.2) is 15.6 Å². The van der Waals surface area contributed by atoms with Crippen LogP contribution in [0.1, 0.15) is 12.8 Å². The molecule has 38 heavy (non-hydrogen) atoms. The van der Waals surface area contributed by atoms with Gasteiger partial charge in [-0.15, -0.1) is 0 Å². The van der Waals surface area contributed by atoms with Crippen molar-refractivity contribution in [2.45, 2.75) is 29.6 Å². The molecule has 7 nitrogen and oxygen atoms in total. The zero-order valence-electron chi connectivity index (χ0n) is 20.3. The molecule has 1 aromatic heterocycles. The van der Waals surface area contributed by atoms with Crippen LogP contribution in [-0.4, -0.2) is 62.1 Å². The number of methoxy groups -OCH3 is 1. The van der Waals surface area contributed by atoms with E-state index in [1.807, 2.05) is 6.07 Å². The van der Waals surface area contributed by atoms with Crippen LogP contribution in [0.2, 0.25) is 5.02 Å². The molecule has 1 unspecified atom stereocenters. The Labute approximate surface area is 223 Å². The summed E-state index contributed by atoms with van der Waals surface area (Å²) in [5, 5.41) is 4.60. The average Bonchev–Trinajstić information content (AvgIpc) is 3.10. The van der Waals surface area contributed by atoms with Gasteiger partial charge in [0.25, 0.3) is 5.91 Å². The quantitative estimate of drug-likeness (QED) is 0.338. The molecule has 0 saturated heterocycles. The third-order valence-electron chi connectivity index (χ3n) is 6.20. The molecule has 0 saturated carbocycles. The monoisotopic (exact) mass is 567 g/mol. The van der Waals surface area contributed by atoms with Gasteiger partial charge in [-0.05, 0) is 48.9 Å². The topological polar surface area (TPSA) is 88.6 Å². The first-order valence-electron chi connectivity index (χ1n) is 11.7. The molecule has 1 amide bonds. The summed E-state index contributed by atoms with van der Waals surface area (Å²) < 4.78 is 71.5. The Morgan fingerprint density at radius 3 is 2.55 bits per heavy atom. The number of carbonyl (C=O) groups is 1. The summed E-state index contributed by atoms with van der Waals surface area (Å²) in [6.45, 7) is 0.294. The molecule has 2 aromatic carbocycles. The van der Waals surface area contributed by atoms with E-state index in [0.29, 0.717) is 23.5 Å². The number of nitrogens with zero attached hydrogens (tertiary/aromatic N) is 2. The maximum absolute atomic E-state index is 13.2. The van der Waals surface area contributed by atoms with Crippen molar-refractivity contribution in [1.29, 1.82) is 0 Å². The number of nitrogens with one attached hydrogen (secondary N) is 1. The number of sulfone groups is 1. The molecule has 0 fully saturated rings. The number of amides is 1. The molecule has 1 N–H and O–H groups in total. The Bertz CT molecular complexity index is 1470. The summed E-state index contributed by atoms with van der Waals surface area (Å²) in [4.78, 5) is 18.4. The minimum atomic E-state index is -4.65. The van der Waals surface area contributed by atoms with Crippen LogP contribution in [-0.2, 0) is 19.4 Å². The van der Waals surface area contributed by atoms with Crippen LogP contribution in [0.4, 0.5) is 18.9 Å². The minimum Gasteiger partial charge on any atom is -0.384 e. The maximum Gasteiger partial charge on any atom is 0.393 e. The van der Waals surface area contributed by atoms with Crippen molar-refractivity contribution in [3.05, 3.63) is 77.5 Å². The first-order valence-corrected chi connectivity index (χ1v) is 13.7. The first-order chi connectivity index (χ1) is 17.9. The van der Waals surface area contributed by atoms with Crippen molar-refractivity contribution in [3.8, 4) is 0 Å². The lowest BCUT2D eigenvalue weighted by atomic mass is 10.1. The van der Waals surface area contributed by atoms with E-state index in [1.54, 1.807) is 30.5 Å². The fraction of sp³-hybridized carbons (Fsp3) is 0.308. The Balaban J connectivity index is 1.55. The van der Waals surface area contributed by atoms with Crippen molar-refractivity contribution >= 4 is 43.9 Å². The standard InChI is InChI=1S/C26H25ClF3N3O4S/c1-37-25(17-38(35,36)20-6-3-2-4-7-20)15-18(16-26(28,29)30)24(34)33(25)13-5-11-31-22-10-12-32-23-14-19(27)8-9-21(22)23/h2-4,6-10,12,14-15H,5,11,13,16-17H2,1H3,(H,31,32). The van der Waals surface area contributed by atoms with Gasteiger partial charge >= 0.3 is 6.18 Å². The van der Waals surface area contributed by atoms with Gasteiger partial charge in [0.2, 0.25) is 0 Å². The Morgan fingerprint density at radius 1 is 1.13 bits per heavy atom. The van der Waals surface area contributed by atoms with Crippen molar-refractivity contribution in [2.24, 2.45) is 0 Å². The number of pyridine rings is 1. The van der Waals surface area contributed by atoms with Crippen molar-refractivity contribution in [2.75, 3.05) is 31.3 Å². The van der Waals surface area contributed by atoms with E-state index in [2.05, 4.69) is 10.3 Å². The first kappa shape index (κ1) is 27.9. The molecular weight excluding hydrogens is 543 g/mol. The third-order valence-corrected chi connectivity index (χ3v) is 8.22. The zero-order valence-corrected chi connectivity index (χ0v) is 21.9. The molecular formula is C26H25ClF3N3O4S. The number of carbonyl (C=O) groups excluding carboxylic acids is 1. The lowest BCUT2D eigenvalue weighted by molar-refractivity contribution is -0.148. The van der Waals surface area contributed by atoms with Crippen LogP contribution in [0.25, 0.3) is 10.9 Å². The van der Waals surface area contributed by atoms with Gasteiger partial charge in [-0.3, -0.25) is 9.78 Å². The molecule has 0 spiro atoms. The second-order valence-corrected chi connectivity index (χ2v) is 11.3. The average molecular weight is 568 g/mol. The van der Waals surface area contributed by atoms with E-state index in [-0.39, 0.29) is 11.4 Å². The van der Waals surface area contributed by atoms with Crippen molar-refractivity contribution in [1.82, 2.24) is 9.88 Å². The predicted molar refractivity (Wildman–Crippen MR) is 139 cm³/mol. The van der Waals surface area contributed by atoms with E-state index < -0.39 is 45.4 Å². The van der Waals surface area contributed by atoms with E-state index in [1.165, 1.54) is 31.4 Å². The molecule has 4 rings (SSSR count).